The largest absolute Gasteiger partial charge is 0.347 e. The van der Waals surface area contributed by atoms with Gasteiger partial charge in [0.1, 0.15) is 5.69 Å². The van der Waals surface area contributed by atoms with E-state index in [1.54, 1.807) is 18.5 Å². The molecule has 0 spiro atoms. The van der Waals surface area contributed by atoms with Gasteiger partial charge < -0.3 is 10.6 Å². The van der Waals surface area contributed by atoms with Crippen molar-refractivity contribution in [3.63, 3.8) is 0 Å². The summed E-state index contributed by atoms with van der Waals surface area (Å²) in [5.74, 6) is 0.168. The molecule has 0 fully saturated rings. The number of nitrogens with zero attached hydrogens (tertiary/aromatic N) is 3. The molecule has 138 valence electrons. The molecule has 2 N–H and O–H groups in total. The molecule has 1 amide bonds. The van der Waals surface area contributed by atoms with Crippen molar-refractivity contribution in [1.82, 2.24) is 20.3 Å². The molecule has 0 atom stereocenters. The second-order valence-electron chi connectivity index (χ2n) is 6.66. The molecule has 6 nitrogen and oxygen atoms in total. The number of rotatable bonds is 5. The van der Waals surface area contributed by atoms with Crippen molar-refractivity contribution >= 4 is 17.5 Å². The van der Waals surface area contributed by atoms with Crippen LogP contribution in [-0.4, -0.2) is 20.9 Å². The molecule has 0 bridgehead atoms. The first-order chi connectivity index (χ1) is 12.9. The van der Waals surface area contributed by atoms with Gasteiger partial charge in [0.05, 0.1) is 0 Å². The average Bonchev–Trinajstić information content (AvgIpc) is 2.63. The average molecular weight is 361 g/mol. The highest BCUT2D eigenvalue weighted by atomic mass is 16.1. The molecule has 2 aromatic heterocycles. The van der Waals surface area contributed by atoms with Gasteiger partial charge in [0.2, 0.25) is 5.95 Å². The number of anilines is 2. The van der Waals surface area contributed by atoms with E-state index in [2.05, 4.69) is 44.6 Å². The third kappa shape index (κ3) is 4.67. The molecular weight excluding hydrogens is 338 g/mol. The van der Waals surface area contributed by atoms with E-state index in [4.69, 9.17) is 0 Å². The minimum Gasteiger partial charge on any atom is -0.347 e. The number of aryl methyl sites for hydroxylation is 4. The van der Waals surface area contributed by atoms with E-state index in [0.717, 1.165) is 28.1 Å². The first kappa shape index (κ1) is 18.5. The summed E-state index contributed by atoms with van der Waals surface area (Å²) < 4.78 is 0. The van der Waals surface area contributed by atoms with Crippen molar-refractivity contribution in [3.8, 4) is 0 Å². The molecule has 0 saturated heterocycles. The predicted octanol–water partition coefficient (Wildman–Crippen LogP) is 3.78. The second kappa shape index (κ2) is 7.95. The van der Waals surface area contributed by atoms with Gasteiger partial charge in [-0.25, -0.2) is 9.97 Å². The molecule has 3 rings (SSSR count). The summed E-state index contributed by atoms with van der Waals surface area (Å²) in [4.78, 5) is 25.4. The Labute approximate surface area is 159 Å². The van der Waals surface area contributed by atoms with Gasteiger partial charge >= 0.3 is 0 Å². The van der Waals surface area contributed by atoms with Crippen molar-refractivity contribution in [1.29, 1.82) is 0 Å². The van der Waals surface area contributed by atoms with Crippen LogP contribution in [0.2, 0.25) is 0 Å². The number of hydrogen-bond donors (Lipinski definition) is 2. The Balaban J connectivity index is 1.79. The summed E-state index contributed by atoms with van der Waals surface area (Å²) >= 11 is 0. The first-order valence-corrected chi connectivity index (χ1v) is 8.80. The first-order valence-electron chi connectivity index (χ1n) is 8.80. The van der Waals surface area contributed by atoms with Crippen molar-refractivity contribution in [2.75, 3.05) is 5.32 Å². The van der Waals surface area contributed by atoms with Gasteiger partial charge in [-0.15, -0.1) is 0 Å². The number of benzene rings is 1. The zero-order chi connectivity index (χ0) is 19.4. The Kier molecular flexibility index (Phi) is 5.45. The smallest absolute Gasteiger partial charge is 0.270 e. The van der Waals surface area contributed by atoms with Crippen LogP contribution in [0.25, 0.3) is 0 Å². The topological polar surface area (TPSA) is 79.8 Å². The van der Waals surface area contributed by atoms with Crippen LogP contribution in [0, 0.1) is 27.7 Å². The van der Waals surface area contributed by atoms with Crippen molar-refractivity contribution < 1.29 is 4.79 Å². The summed E-state index contributed by atoms with van der Waals surface area (Å²) in [6.07, 6.45) is 3.42. The summed E-state index contributed by atoms with van der Waals surface area (Å²) in [7, 11) is 0. The second-order valence-corrected chi connectivity index (χ2v) is 6.66. The zero-order valence-corrected chi connectivity index (χ0v) is 16.0. The highest BCUT2D eigenvalue weighted by Crippen LogP contribution is 2.24. The lowest BCUT2D eigenvalue weighted by Crippen LogP contribution is -2.24. The minimum atomic E-state index is -0.246. The van der Waals surface area contributed by atoms with Crippen LogP contribution >= 0.6 is 0 Å². The van der Waals surface area contributed by atoms with Crippen molar-refractivity contribution in [2.24, 2.45) is 0 Å². The number of nitrogens with one attached hydrogen (secondary N) is 2. The number of amides is 1. The lowest BCUT2D eigenvalue weighted by Gasteiger charge is -2.14. The highest BCUT2D eigenvalue weighted by Gasteiger charge is 2.12. The SMILES string of the molecule is Cc1cc(C)c(Nc2nc(C)cc(C(=O)NCc3cccnc3)n2)c(C)c1. The van der Waals surface area contributed by atoms with Gasteiger partial charge in [0, 0.05) is 30.3 Å². The van der Waals surface area contributed by atoms with Gasteiger partial charge in [0.25, 0.3) is 5.91 Å². The third-order valence-corrected chi connectivity index (χ3v) is 4.18. The van der Waals surface area contributed by atoms with Gasteiger partial charge in [0.15, 0.2) is 0 Å². The van der Waals surface area contributed by atoms with Gasteiger partial charge in [-0.2, -0.15) is 0 Å². The lowest BCUT2D eigenvalue weighted by molar-refractivity contribution is 0.0945. The Bertz CT molecular complexity index is 947. The molecule has 0 saturated carbocycles. The third-order valence-electron chi connectivity index (χ3n) is 4.18. The maximum absolute atomic E-state index is 12.5. The Morgan fingerprint density at radius 3 is 2.44 bits per heavy atom. The fourth-order valence-electron chi connectivity index (χ4n) is 3.01. The van der Waals surface area contributed by atoms with Crippen LogP contribution < -0.4 is 10.6 Å². The highest BCUT2D eigenvalue weighted by molar-refractivity contribution is 5.92. The van der Waals surface area contributed by atoms with Crippen molar-refractivity contribution in [3.05, 3.63) is 76.4 Å². The van der Waals surface area contributed by atoms with E-state index in [0.29, 0.717) is 18.2 Å². The standard InChI is InChI=1S/C21H23N5O/c1-13-8-14(2)19(15(3)9-13)26-21-24-16(4)10-18(25-21)20(27)23-12-17-6-5-7-22-11-17/h5-11H,12H2,1-4H3,(H,23,27)(H,24,25,26). The predicted molar refractivity (Wildman–Crippen MR) is 106 cm³/mol. The molecule has 27 heavy (non-hydrogen) atoms. The van der Waals surface area contributed by atoms with E-state index in [-0.39, 0.29) is 5.91 Å². The fraction of sp³-hybridized carbons (Fsp3) is 0.238. The zero-order valence-electron chi connectivity index (χ0n) is 16.0. The van der Waals surface area contributed by atoms with Crippen LogP contribution in [0.4, 0.5) is 11.6 Å². The van der Waals surface area contributed by atoms with E-state index in [9.17, 15) is 4.79 Å². The van der Waals surface area contributed by atoms with Crippen LogP contribution in [-0.2, 0) is 6.54 Å². The van der Waals surface area contributed by atoms with Crippen LogP contribution in [0.5, 0.6) is 0 Å². The molecule has 0 unspecified atom stereocenters. The van der Waals surface area contributed by atoms with E-state index in [1.165, 1.54) is 5.56 Å². The summed E-state index contributed by atoms with van der Waals surface area (Å²) in [6, 6.07) is 9.64. The molecule has 2 heterocycles. The Hall–Kier alpha value is -3.28. The number of carbonyl (C=O) groups excluding carboxylic acids is 1. The quantitative estimate of drug-likeness (QED) is 0.723. The maximum atomic E-state index is 12.5. The van der Waals surface area contributed by atoms with Crippen LogP contribution in [0.3, 0.4) is 0 Å². The molecule has 0 radical (unpaired) electrons. The lowest BCUT2D eigenvalue weighted by atomic mass is 10.1. The number of aromatic nitrogens is 3. The van der Waals surface area contributed by atoms with E-state index >= 15 is 0 Å². The molecule has 0 aliphatic rings. The normalized spacial score (nSPS) is 10.5. The summed E-state index contributed by atoms with van der Waals surface area (Å²) in [5.41, 5.74) is 6.38. The number of carbonyl (C=O) groups is 1. The van der Waals surface area contributed by atoms with Crippen LogP contribution in [0.1, 0.15) is 38.4 Å². The molecule has 6 heteroatoms. The molecular formula is C21H23N5O. The molecule has 1 aromatic carbocycles. The fourth-order valence-corrected chi connectivity index (χ4v) is 3.01. The monoisotopic (exact) mass is 361 g/mol. The summed E-state index contributed by atoms with van der Waals surface area (Å²) in [6.45, 7) is 8.39. The van der Waals surface area contributed by atoms with E-state index in [1.807, 2.05) is 32.9 Å². The molecule has 0 aliphatic heterocycles. The van der Waals surface area contributed by atoms with Gasteiger partial charge in [-0.1, -0.05) is 23.8 Å². The molecule has 3 aromatic rings. The molecule has 0 aliphatic carbocycles. The maximum Gasteiger partial charge on any atom is 0.270 e. The summed E-state index contributed by atoms with van der Waals surface area (Å²) in [5, 5.41) is 6.13. The number of hydrogen-bond acceptors (Lipinski definition) is 5. The minimum absolute atomic E-state index is 0.246. The Morgan fingerprint density at radius 2 is 1.78 bits per heavy atom. The van der Waals surface area contributed by atoms with E-state index < -0.39 is 0 Å². The Morgan fingerprint density at radius 1 is 1.04 bits per heavy atom. The van der Waals surface area contributed by atoms with Gasteiger partial charge in [-0.05, 0) is 56.5 Å². The number of pyridine rings is 1. The van der Waals surface area contributed by atoms with Gasteiger partial charge in [-0.3, -0.25) is 9.78 Å². The van der Waals surface area contributed by atoms with Crippen LogP contribution in [0.15, 0.2) is 42.7 Å². The van der Waals surface area contributed by atoms with Crippen molar-refractivity contribution in [2.45, 2.75) is 34.2 Å².